The van der Waals surface area contributed by atoms with Crippen LogP contribution in [0.1, 0.15) is 26.3 Å². The standard InChI is InChI=1S/C13H11ClN2O3/c1-19-13(18)10-3-2-4-12(14)11(10)7-16-6-9(8-17)5-15-16/h2-6,8H,7H2,1H3. The van der Waals surface area contributed by atoms with Gasteiger partial charge < -0.3 is 4.74 Å². The zero-order chi connectivity index (χ0) is 13.8. The van der Waals surface area contributed by atoms with Crippen LogP contribution in [0, 0.1) is 0 Å². The summed E-state index contributed by atoms with van der Waals surface area (Å²) in [7, 11) is 1.31. The van der Waals surface area contributed by atoms with Crippen LogP contribution in [-0.4, -0.2) is 29.1 Å². The van der Waals surface area contributed by atoms with Gasteiger partial charge in [0.05, 0.1) is 31.0 Å². The van der Waals surface area contributed by atoms with Crippen LogP contribution in [0.4, 0.5) is 0 Å². The van der Waals surface area contributed by atoms with Crippen LogP contribution in [0.25, 0.3) is 0 Å². The average Bonchev–Trinajstić information content (AvgIpc) is 2.88. The van der Waals surface area contributed by atoms with E-state index in [4.69, 9.17) is 16.3 Å². The Morgan fingerprint density at radius 2 is 2.32 bits per heavy atom. The molecule has 1 aromatic heterocycles. The van der Waals surface area contributed by atoms with Crippen molar-refractivity contribution in [3.8, 4) is 0 Å². The van der Waals surface area contributed by atoms with Gasteiger partial charge in [0.1, 0.15) is 0 Å². The number of carbonyl (C=O) groups is 2. The Labute approximate surface area is 114 Å². The molecule has 0 radical (unpaired) electrons. The first-order chi connectivity index (χ1) is 9.15. The second-order valence-corrected chi connectivity index (χ2v) is 4.25. The highest BCUT2D eigenvalue weighted by molar-refractivity contribution is 6.31. The Morgan fingerprint density at radius 1 is 1.53 bits per heavy atom. The maximum atomic E-state index is 11.7. The predicted octanol–water partition coefficient (Wildman–Crippen LogP) is 2.18. The van der Waals surface area contributed by atoms with Crippen LogP contribution >= 0.6 is 11.6 Å². The van der Waals surface area contributed by atoms with Crippen LogP contribution in [-0.2, 0) is 11.3 Å². The van der Waals surface area contributed by atoms with Gasteiger partial charge in [-0.1, -0.05) is 17.7 Å². The molecule has 0 amide bonds. The van der Waals surface area contributed by atoms with E-state index in [-0.39, 0.29) is 6.54 Å². The number of hydrogen-bond donors (Lipinski definition) is 0. The second kappa shape index (κ2) is 5.67. The Kier molecular flexibility index (Phi) is 3.97. The lowest BCUT2D eigenvalue weighted by Crippen LogP contribution is -2.10. The van der Waals surface area contributed by atoms with Gasteiger partial charge in [0, 0.05) is 16.8 Å². The fourth-order valence-electron chi connectivity index (χ4n) is 1.71. The highest BCUT2D eigenvalue weighted by Crippen LogP contribution is 2.22. The molecule has 19 heavy (non-hydrogen) atoms. The number of rotatable bonds is 4. The molecule has 6 heteroatoms. The van der Waals surface area contributed by atoms with E-state index in [0.29, 0.717) is 28.0 Å². The van der Waals surface area contributed by atoms with E-state index in [0.717, 1.165) is 0 Å². The molecular weight excluding hydrogens is 268 g/mol. The van der Waals surface area contributed by atoms with Crippen molar-refractivity contribution in [3.05, 3.63) is 52.3 Å². The molecule has 2 rings (SSSR count). The van der Waals surface area contributed by atoms with E-state index in [2.05, 4.69) is 5.10 Å². The zero-order valence-corrected chi connectivity index (χ0v) is 10.9. The summed E-state index contributed by atoms with van der Waals surface area (Å²) in [5.74, 6) is -0.458. The molecule has 0 atom stereocenters. The van der Waals surface area contributed by atoms with Gasteiger partial charge in [-0.05, 0) is 12.1 Å². The maximum Gasteiger partial charge on any atom is 0.338 e. The van der Waals surface area contributed by atoms with Gasteiger partial charge >= 0.3 is 5.97 Å². The third kappa shape index (κ3) is 2.82. The van der Waals surface area contributed by atoms with E-state index in [9.17, 15) is 9.59 Å². The lowest BCUT2D eigenvalue weighted by molar-refractivity contribution is 0.0599. The van der Waals surface area contributed by atoms with Crippen molar-refractivity contribution in [2.75, 3.05) is 7.11 Å². The van der Waals surface area contributed by atoms with Crippen LogP contribution in [0.15, 0.2) is 30.6 Å². The number of halogens is 1. The van der Waals surface area contributed by atoms with E-state index in [1.807, 2.05) is 0 Å². The minimum Gasteiger partial charge on any atom is -0.465 e. The maximum absolute atomic E-state index is 11.7. The predicted molar refractivity (Wildman–Crippen MR) is 69.5 cm³/mol. The molecule has 2 aromatic rings. The summed E-state index contributed by atoms with van der Waals surface area (Å²) in [4.78, 5) is 22.3. The van der Waals surface area contributed by atoms with Gasteiger partial charge in [-0.25, -0.2) is 4.79 Å². The number of methoxy groups -OCH3 is 1. The summed E-state index contributed by atoms with van der Waals surface area (Å²) in [5.41, 5.74) is 1.46. The van der Waals surface area contributed by atoms with Crippen molar-refractivity contribution < 1.29 is 14.3 Å². The number of aldehydes is 1. The summed E-state index contributed by atoms with van der Waals surface area (Å²) in [5, 5.41) is 4.47. The summed E-state index contributed by atoms with van der Waals surface area (Å²) in [6, 6.07) is 5.00. The highest BCUT2D eigenvalue weighted by Gasteiger charge is 2.15. The Bertz CT molecular complexity index is 622. The van der Waals surface area contributed by atoms with E-state index >= 15 is 0 Å². The van der Waals surface area contributed by atoms with Crippen molar-refractivity contribution in [1.29, 1.82) is 0 Å². The molecule has 0 fully saturated rings. The fraction of sp³-hybridized carbons (Fsp3) is 0.154. The first-order valence-corrected chi connectivity index (χ1v) is 5.87. The van der Waals surface area contributed by atoms with E-state index < -0.39 is 5.97 Å². The van der Waals surface area contributed by atoms with E-state index in [1.165, 1.54) is 18.0 Å². The highest BCUT2D eigenvalue weighted by atomic mass is 35.5. The quantitative estimate of drug-likeness (QED) is 0.635. The number of esters is 1. The molecule has 0 aliphatic rings. The normalized spacial score (nSPS) is 10.2. The summed E-state index contributed by atoms with van der Waals surface area (Å²) < 4.78 is 6.25. The topological polar surface area (TPSA) is 61.2 Å². The van der Waals surface area contributed by atoms with Crippen LogP contribution in [0.3, 0.4) is 0 Å². The average molecular weight is 279 g/mol. The van der Waals surface area contributed by atoms with Crippen molar-refractivity contribution in [1.82, 2.24) is 9.78 Å². The lowest BCUT2D eigenvalue weighted by Gasteiger charge is -2.09. The molecule has 0 aliphatic carbocycles. The molecule has 0 spiro atoms. The summed E-state index contributed by atoms with van der Waals surface area (Å²) in [6.07, 6.45) is 3.73. The first kappa shape index (κ1) is 13.3. The SMILES string of the molecule is COC(=O)c1cccc(Cl)c1Cn1cc(C=O)cn1. The van der Waals surface area contributed by atoms with Crippen molar-refractivity contribution in [2.45, 2.75) is 6.54 Å². The van der Waals surface area contributed by atoms with E-state index in [1.54, 1.807) is 24.4 Å². The second-order valence-electron chi connectivity index (χ2n) is 3.85. The largest absolute Gasteiger partial charge is 0.465 e. The van der Waals surface area contributed by atoms with Crippen molar-refractivity contribution in [3.63, 3.8) is 0 Å². The third-order valence-corrected chi connectivity index (χ3v) is 2.99. The first-order valence-electron chi connectivity index (χ1n) is 5.49. The summed E-state index contributed by atoms with van der Waals surface area (Å²) in [6.45, 7) is 0.290. The number of nitrogens with zero attached hydrogens (tertiary/aromatic N) is 2. The number of hydrogen-bond acceptors (Lipinski definition) is 4. The molecule has 1 aromatic carbocycles. The molecular formula is C13H11ClN2O3. The third-order valence-electron chi connectivity index (χ3n) is 2.63. The number of aromatic nitrogens is 2. The molecule has 0 saturated carbocycles. The Morgan fingerprint density at radius 3 is 2.95 bits per heavy atom. The van der Waals surface area contributed by atoms with Gasteiger partial charge in [0.15, 0.2) is 6.29 Å². The lowest BCUT2D eigenvalue weighted by atomic mass is 10.1. The minimum absolute atomic E-state index is 0.290. The molecule has 0 saturated heterocycles. The van der Waals surface area contributed by atoms with Gasteiger partial charge in [-0.15, -0.1) is 0 Å². The number of benzene rings is 1. The molecule has 5 nitrogen and oxygen atoms in total. The Balaban J connectivity index is 2.38. The number of carbonyl (C=O) groups excluding carboxylic acids is 2. The van der Waals surface area contributed by atoms with Crippen LogP contribution in [0.2, 0.25) is 5.02 Å². The molecule has 0 bridgehead atoms. The summed E-state index contributed by atoms with van der Waals surface area (Å²) >= 11 is 6.10. The van der Waals surface area contributed by atoms with Gasteiger partial charge in [0.25, 0.3) is 0 Å². The van der Waals surface area contributed by atoms with Gasteiger partial charge in [-0.2, -0.15) is 5.10 Å². The molecule has 0 aliphatic heterocycles. The molecule has 1 heterocycles. The number of ether oxygens (including phenoxy) is 1. The fourth-order valence-corrected chi connectivity index (χ4v) is 1.94. The van der Waals surface area contributed by atoms with Crippen LogP contribution in [0.5, 0.6) is 0 Å². The molecule has 0 N–H and O–H groups in total. The molecule has 98 valence electrons. The van der Waals surface area contributed by atoms with Gasteiger partial charge in [-0.3, -0.25) is 9.48 Å². The smallest absolute Gasteiger partial charge is 0.338 e. The Hall–Kier alpha value is -2.14. The zero-order valence-electron chi connectivity index (χ0n) is 10.2. The van der Waals surface area contributed by atoms with Crippen molar-refractivity contribution >= 4 is 23.9 Å². The minimum atomic E-state index is -0.458. The monoisotopic (exact) mass is 278 g/mol. The van der Waals surface area contributed by atoms with Gasteiger partial charge in [0.2, 0.25) is 0 Å². The van der Waals surface area contributed by atoms with Crippen LogP contribution < -0.4 is 0 Å². The van der Waals surface area contributed by atoms with Crippen molar-refractivity contribution in [2.24, 2.45) is 0 Å². The molecule has 0 unspecified atom stereocenters.